The number of nitrogens with one attached hydrogen (secondary N) is 1. The molecule has 74 valence electrons. The van der Waals surface area contributed by atoms with Crippen molar-refractivity contribution in [1.82, 2.24) is 5.48 Å². The van der Waals surface area contributed by atoms with Crippen LogP contribution in [-0.4, -0.2) is 26.4 Å². The molecule has 13 heavy (non-hydrogen) atoms. The van der Waals surface area contributed by atoms with Crippen molar-refractivity contribution in [3.05, 3.63) is 0 Å². The average Bonchev–Trinajstić information content (AvgIpc) is 2.60. The van der Waals surface area contributed by atoms with Crippen molar-refractivity contribution >= 4 is 0 Å². The lowest BCUT2D eigenvalue weighted by atomic mass is 10.1. The number of hydroxylamine groups is 1. The summed E-state index contributed by atoms with van der Waals surface area (Å²) in [5, 5.41) is 8.77. The second-order valence-electron chi connectivity index (χ2n) is 3.23. The molecule has 1 rings (SSSR count). The van der Waals surface area contributed by atoms with E-state index >= 15 is 0 Å². The van der Waals surface area contributed by atoms with Crippen LogP contribution in [-0.2, 0) is 9.57 Å². The Hall–Kier alpha value is -0.630. The van der Waals surface area contributed by atoms with E-state index in [9.17, 15) is 0 Å². The van der Waals surface area contributed by atoms with Crippen molar-refractivity contribution in [2.45, 2.75) is 25.3 Å². The van der Waals surface area contributed by atoms with Gasteiger partial charge in [0, 0.05) is 13.2 Å². The van der Waals surface area contributed by atoms with Gasteiger partial charge in [0.05, 0.1) is 25.2 Å². The van der Waals surface area contributed by atoms with Crippen molar-refractivity contribution < 1.29 is 9.57 Å². The normalized spacial score (nSPS) is 27.4. The number of rotatable bonds is 5. The van der Waals surface area contributed by atoms with E-state index in [1.807, 2.05) is 0 Å². The molecule has 2 atom stereocenters. The van der Waals surface area contributed by atoms with E-state index in [-0.39, 0.29) is 12.0 Å². The van der Waals surface area contributed by atoms with Gasteiger partial charge >= 0.3 is 0 Å². The number of hydrogen-bond acceptors (Lipinski definition) is 4. The molecule has 4 heteroatoms. The minimum absolute atomic E-state index is 0.113. The zero-order valence-electron chi connectivity index (χ0n) is 7.95. The number of nitriles is 1. The minimum atomic E-state index is 0.113. The van der Waals surface area contributed by atoms with Gasteiger partial charge in [-0.1, -0.05) is 6.42 Å². The second-order valence-corrected chi connectivity index (χ2v) is 3.23. The Morgan fingerprint density at radius 2 is 2.31 bits per heavy atom. The molecule has 1 N–H and O–H groups in total. The van der Waals surface area contributed by atoms with Crippen LogP contribution in [0.1, 0.15) is 19.3 Å². The van der Waals surface area contributed by atoms with E-state index in [0.717, 1.165) is 19.3 Å². The molecule has 0 bridgehead atoms. The van der Waals surface area contributed by atoms with Crippen LogP contribution in [0.2, 0.25) is 0 Å². The SMILES string of the molecule is COCCONC1CCCC1C#N. The van der Waals surface area contributed by atoms with Crippen molar-refractivity contribution in [3.8, 4) is 6.07 Å². The Morgan fingerprint density at radius 3 is 3.00 bits per heavy atom. The van der Waals surface area contributed by atoms with Crippen LogP contribution >= 0.6 is 0 Å². The molecule has 0 radical (unpaired) electrons. The summed E-state index contributed by atoms with van der Waals surface area (Å²) >= 11 is 0. The standard InChI is InChI=1S/C9H16N2O2/c1-12-5-6-13-11-9-4-2-3-8(9)7-10/h8-9,11H,2-6H2,1H3. The maximum absolute atomic E-state index is 8.77. The van der Waals surface area contributed by atoms with E-state index in [1.165, 1.54) is 0 Å². The first-order valence-corrected chi connectivity index (χ1v) is 4.64. The van der Waals surface area contributed by atoms with Gasteiger partial charge in [-0.15, -0.1) is 0 Å². The van der Waals surface area contributed by atoms with Crippen LogP contribution in [0.4, 0.5) is 0 Å². The Labute approximate surface area is 78.8 Å². The second kappa shape index (κ2) is 5.92. The first kappa shape index (κ1) is 10.5. The van der Waals surface area contributed by atoms with E-state index in [0.29, 0.717) is 13.2 Å². The number of methoxy groups -OCH3 is 1. The predicted molar refractivity (Wildman–Crippen MR) is 47.7 cm³/mol. The molecule has 0 aromatic carbocycles. The Morgan fingerprint density at radius 1 is 1.46 bits per heavy atom. The Kier molecular flexibility index (Phi) is 4.76. The highest BCUT2D eigenvalue weighted by molar-refractivity contribution is 4.95. The molecule has 0 aromatic heterocycles. The maximum Gasteiger partial charge on any atom is 0.0916 e. The van der Waals surface area contributed by atoms with Gasteiger partial charge in [0.25, 0.3) is 0 Å². The zero-order chi connectivity index (χ0) is 9.52. The monoisotopic (exact) mass is 184 g/mol. The maximum atomic E-state index is 8.77. The van der Waals surface area contributed by atoms with E-state index < -0.39 is 0 Å². The third-order valence-corrected chi connectivity index (χ3v) is 2.31. The third kappa shape index (κ3) is 3.31. The highest BCUT2D eigenvalue weighted by atomic mass is 16.7. The summed E-state index contributed by atoms with van der Waals surface area (Å²) in [7, 11) is 1.64. The Bertz CT molecular complexity index is 179. The van der Waals surface area contributed by atoms with Gasteiger partial charge < -0.3 is 4.74 Å². The number of nitrogens with zero attached hydrogens (tertiary/aromatic N) is 1. The summed E-state index contributed by atoms with van der Waals surface area (Å²) in [4.78, 5) is 5.16. The molecule has 1 aliphatic carbocycles. The summed E-state index contributed by atoms with van der Waals surface area (Å²) in [5.74, 6) is 0.113. The summed E-state index contributed by atoms with van der Waals surface area (Å²) in [6, 6.07) is 2.49. The number of ether oxygens (including phenoxy) is 1. The van der Waals surface area contributed by atoms with E-state index in [4.69, 9.17) is 14.8 Å². The van der Waals surface area contributed by atoms with Crippen LogP contribution in [0.15, 0.2) is 0 Å². The molecule has 0 aliphatic heterocycles. The smallest absolute Gasteiger partial charge is 0.0916 e. The number of hydrogen-bond donors (Lipinski definition) is 1. The summed E-state index contributed by atoms with van der Waals surface area (Å²) < 4.78 is 4.83. The van der Waals surface area contributed by atoms with Gasteiger partial charge in [0.1, 0.15) is 0 Å². The average molecular weight is 184 g/mol. The van der Waals surface area contributed by atoms with E-state index in [1.54, 1.807) is 7.11 Å². The highest BCUT2D eigenvalue weighted by Gasteiger charge is 2.26. The van der Waals surface area contributed by atoms with Crippen molar-refractivity contribution in [2.75, 3.05) is 20.3 Å². The van der Waals surface area contributed by atoms with Gasteiger partial charge in [-0.3, -0.25) is 4.84 Å². The molecule has 0 heterocycles. The van der Waals surface area contributed by atoms with Gasteiger partial charge in [0.15, 0.2) is 0 Å². The summed E-state index contributed by atoms with van der Waals surface area (Å²) in [6.45, 7) is 1.11. The fraction of sp³-hybridized carbons (Fsp3) is 0.889. The van der Waals surface area contributed by atoms with Crippen molar-refractivity contribution in [2.24, 2.45) is 5.92 Å². The Balaban J connectivity index is 2.10. The van der Waals surface area contributed by atoms with Crippen molar-refractivity contribution in [3.63, 3.8) is 0 Å². The first-order chi connectivity index (χ1) is 6.38. The van der Waals surface area contributed by atoms with E-state index in [2.05, 4.69) is 11.5 Å². The van der Waals surface area contributed by atoms with Crippen LogP contribution < -0.4 is 5.48 Å². The molecule has 0 saturated heterocycles. The predicted octanol–water partition coefficient (Wildman–Crippen LogP) is 0.846. The fourth-order valence-electron chi connectivity index (χ4n) is 1.55. The molecule has 4 nitrogen and oxygen atoms in total. The molecule has 0 aromatic rings. The largest absolute Gasteiger partial charge is 0.382 e. The van der Waals surface area contributed by atoms with Gasteiger partial charge in [-0.2, -0.15) is 10.7 Å². The fourth-order valence-corrected chi connectivity index (χ4v) is 1.55. The summed E-state index contributed by atoms with van der Waals surface area (Å²) in [5.41, 5.74) is 2.91. The highest BCUT2D eigenvalue weighted by Crippen LogP contribution is 2.24. The topological polar surface area (TPSA) is 54.3 Å². The van der Waals surface area contributed by atoms with Gasteiger partial charge in [-0.25, -0.2) is 0 Å². The molecular formula is C9H16N2O2. The lowest BCUT2D eigenvalue weighted by Gasteiger charge is -2.14. The molecular weight excluding hydrogens is 168 g/mol. The van der Waals surface area contributed by atoms with Crippen LogP contribution in [0.3, 0.4) is 0 Å². The molecule has 2 unspecified atom stereocenters. The molecule has 0 amide bonds. The van der Waals surface area contributed by atoms with Gasteiger partial charge in [0.2, 0.25) is 0 Å². The van der Waals surface area contributed by atoms with Crippen molar-refractivity contribution in [1.29, 1.82) is 5.26 Å². The lowest BCUT2D eigenvalue weighted by molar-refractivity contribution is -0.0150. The van der Waals surface area contributed by atoms with Crippen LogP contribution in [0.5, 0.6) is 0 Å². The molecule has 1 aliphatic rings. The molecule has 1 saturated carbocycles. The van der Waals surface area contributed by atoms with Crippen LogP contribution in [0, 0.1) is 17.2 Å². The molecule has 0 spiro atoms. The first-order valence-electron chi connectivity index (χ1n) is 4.64. The minimum Gasteiger partial charge on any atom is -0.382 e. The zero-order valence-corrected chi connectivity index (χ0v) is 7.95. The molecule has 1 fully saturated rings. The quantitative estimate of drug-likeness (QED) is 0.508. The third-order valence-electron chi connectivity index (χ3n) is 2.31. The lowest BCUT2D eigenvalue weighted by Crippen LogP contribution is -2.32. The summed E-state index contributed by atoms with van der Waals surface area (Å²) in [6.07, 6.45) is 3.14. The van der Waals surface area contributed by atoms with Crippen LogP contribution in [0.25, 0.3) is 0 Å². The van der Waals surface area contributed by atoms with Gasteiger partial charge in [-0.05, 0) is 12.8 Å².